The summed E-state index contributed by atoms with van der Waals surface area (Å²) in [6.07, 6.45) is -0.186. The molecule has 0 aromatic heterocycles. The molecule has 1 amide bonds. The minimum absolute atomic E-state index is 0.0160. The van der Waals surface area contributed by atoms with Gasteiger partial charge >= 0.3 is 0 Å². The van der Waals surface area contributed by atoms with E-state index in [0.29, 0.717) is 25.4 Å². The number of anilines is 1. The highest BCUT2D eigenvalue weighted by Gasteiger charge is 2.23. The zero-order valence-corrected chi connectivity index (χ0v) is 15.6. The maximum Gasteiger partial charge on any atom is 0.234 e. The van der Waals surface area contributed by atoms with Crippen LogP contribution in [0.3, 0.4) is 0 Å². The van der Waals surface area contributed by atoms with E-state index >= 15 is 0 Å². The van der Waals surface area contributed by atoms with Gasteiger partial charge in [0.25, 0.3) is 0 Å². The third kappa shape index (κ3) is 4.54. The summed E-state index contributed by atoms with van der Waals surface area (Å²) < 4.78 is 24.6. The predicted molar refractivity (Wildman–Crippen MR) is 104 cm³/mol. The van der Waals surface area contributed by atoms with Crippen molar-refractivity contribution < 1.29 is 18.7 Å². The van der Waals surface area contributed by atoms with Crippen LogP contribution in [-0.2, 0) is 4.79 Å². The molecule has 0 bridgehead atoms. The van der Waals surface area contributed by atoms with Crippen LogP contribution in [-0.4, -0.2) is 62.8 Å². The molecular weight excluding hydrogens is 361 g/mol. The minimum atomic E-state index is -0.227. The van der Waals surface area contributed by atoms with Crippen molar-refractivity contribution in [1.82, 2.24) is 10.2 Å². The molecule has 1 saturated heterocycles. The number of hydrogen-bond donors (Lipinski definition) is 1. The Morgan fingerprint density at radius 1 is 1.04 bits per heavy atom. The summed E-state index contributed by atoms with van der Waals surface area (Å²) in [5.41, 5.74) is 1.01. The van der Waals surface area contributed by atoms with Gasteiger partial charge in [0.15, 0.2) is 11.5 Å². The second-order valence-electron chi connectivity index (χ2n) is 7.04. The van der Waals surface area contributed by atoms with E-state index in [2.05, 4.69) is 15.1 Å². The molecule has 2 heterocycles. The van der Waals surface area contributed by atoms with E-state index in [1.54, 1.807) is 12.1 Å². The van der Waals surface area contributed by atoms with Crippen molar-refractivity contribution in [1.29, 1.82) is 0 Å². The Morgan fingerprint density at radius 3 is 2.50 bits per heavy atom. The molecule has 0 spiro atoms. The van der Waals surface area contributed by atoms with Crippen molar-refractivity contribution in [2.24, 2.45) is 0 Å². The summed E-state index contributed by atoms with van der Waals surface area (Å²) in [7, 11) is 0. The van der Waals surface area contributed by atoms with Crippen molar-refractivity contribution in [3.63, 3.8) is 0 Å². The van der Waals surface area contributed by atoms with E-state index in [1.807, 2.05) is 24.3 Å². The van der Waals surface area contributed by atoms with Gasteiger partial charge in [-0.25, -0.2) is 4.39 Å². The summed E-state index contributed by atoms with van der Waals surface area (Å²) in [4.78, 5) is 16.6. The first-order valence-corrected chi connectivity index (χ1v) is 9.55. The molecule has 0 radical (unpaired) electrons. The highest BCUT2D eigenvalue weighted by Crippen LogP contribution is 2.30. The maximum atomic E-state index is 13.1. The third-order valence-electron chi connectivity index (χ3n) is 5.03. The van der Waals surface area contributed by atoms with Gasteiger partial charge in [-0.05, 0) is 36.4 Å². The second kappa shape index (κ2) is 8.48. The lowest BCUT2D eigenvalue weighted by molar-refractivity contribution is -0.122. The highest BCUT2D eigenvalue weighted by atomic mass is 19.1. The van der Waals surface area contributed by atoms with Crippen LogP contribution in [0.5, 0.6) is 11.5 Å². The number of carbonyl (C=O) groups is 1. The van der Waals surface area contributed by atoms with Gasteiger partial charge in [0.05, 0.1) is 13.1 Å². The van der Waals surface area contributed by atoms with E-state index in [0.717, 1.165) is 37.6 Å². The summed E-state index contributed by atoms with van der Waals surface area (Å²) in [5.74, 6) is 1.21. The topological polar surface area (TPSA) is 54.0 Å². The molecular formula is C21H24FN3O3. The van der Waals surface area contributed by atoms with Crippen LogP contribution in [0, 0.1) is 5.82 Å². The summed E-state index contributed by atoms with van der Waals surface area (Å²) in [5, 5.41) is 2.94. The number of halogens is 1. The molecule has 1 N–H and O–H groups in total. The van der Waals surface area contributed by atoms with Crippen LogP contribution in [0.15, 0.2) is 48.5 Å². The molecule has 1 fully saturated rings. The van der Waals surface area contributed by atoms with Gasteiger partial charge in [0.2, 0.25) is 5.91 Å². The molecule has 6 nitrogen and oxygen atoms in total. The van der Waals surface area contributed by atoms with E-state index in [1.165, 1.54) is 12.1 Å². The van der Waals surface area contributed by atoms with Gasteiger partial charge in [-0.1, -0.05) is 12.1 Å². The van der Waals surface area contributed by atoms with Crippen molar-refractivity contribution in [3.8, 4) is 11.5 Å². The number of amides is 1. The number of benzene rings is 2. The zero-order valence-electron chi connectivity index (χ0n) is 15.6. The molecule has 7 heteroatoms. The van der Waals surface area contributed by atoms with Gasteiger partial charge in [-0.15, -0.1) is 0 Å². The Bertz CT molecular complexity index is 807. The fraction of sp³-hybridized carbons (Fsp3) is 0.381. The Balaban J connectivity index is 1.19. The third-order valence-corrected chi connectivity index (χ3v) is 5.03. The summed E-state index contributed by atoms with van der Waals surface area (Å²) in [6.45, 7) is 4.42. The molecule has 2 aromatic carbocycles. The quantitative estimate of drug-likeness (QED) is 0.852. The molecule has 1 atom stereocenters. The molecule has 4 rings (SSSR count). The standard InChI is InChI=1S/C21H24FN3O3/c22-16-5-7-17(8-6-16)25-11-9-24(10-12-25)14-21(26)23-13-18-15-27-19-3-1-2-4-20(19)28-18/h1-8,18H,9-15H2,(H,23,26). The number of nitrogens with zero attached hydrogens (tertiary/aromatic N) is 2. The second-order valence-corrected chi connectivity index (χ2v) is 7.04. The Morgan fingerprint density at radius 2 is 1.75 bits per heavy atom. The smallest absolute Gasteiger partial charge is 0.234 e. The molecule has 0 aliphatic carbocycles. The fourth-order valence-electron chi connectivity index (χ4n) is 3.47. The van der Waals surface area contributed by atoms with E-state index in [9.17, 15) is 9.18 Å². The van der Waals surface area contributed by atoms with Gasteiger partial charge in [0.1, 0.15) is 18.5 Å². The van der Waals surface area contributed by atoms with Gasteiger partial charge in [-0.2, -0.15) is 0 Å². The van der Waals surface area contributed by atoms with Crippen molar-refractivity contribution >= 4 is 11.6 Å². The molecule has 2 aliphatic heterocycles. The number of para-hydroxylation sites is 2. The molecule has 0 saturated carbocycles. The molecule has 148 valence electrons. The molecule has 1 unspecified atom stereocenters. The van der Waals surface area contributed by atoms with E-state index in [4.69, 9.17) is 9.47 Å². The van der Waals surface area contributed by atoms with Crippen LogP contribution in [0.4, 0.5) is 10.1 Å². The number of carbonyl (C=O) groups excluding carboxylic acids is 1. The average Bonchev–Trinajstić information content (AvgIpc) is 2.73. The normalized spacial score (nSPS) is 19.3. The van der Waals surface area contributed by atoms with Crippen LogP contribution < -0.4 is 19.7 Å². The lowest BCUT2D eigenvalue weighted by Gasteiger charge is -2.35. The van der Waals surface area contributed by atoms with Crippen molar-refractivity contribution in [2.45, 2.75) is 6.10 Å². The van der Waals surface area contributed by atoms with Crippen molar-refractivity contribution in [3.05, 3.63) is 54.3 Å². The predicted octanol–water partition coefficient (Wildman–Crippen LogP) is 1.90. The van der Waals surface area contributed by atoms with Crippen LogP contribution in [0.1, 0.15) is 0 Å². The lowest BCUT2D eigenvalue weighted by atomic mass is 10.2. The molecule has 28 heavy (non-hydrogen) atoms. The number of nitrogens with one attached hydrogen (secondary N) is 1. The lowest BCUT2D eigenvalue weighted by Crippen LogP contribution is -2.50. The monoisotopic (exact) mass is 385 g/mol. The molecule has 2 aliphatic rings. The first kappa shape index (κ1) is 18.6. The van der Waals surface area contributed by atoms with Crippen LogP contribution in [0.25, 0.3) is 0 Å². The zero-order chi connectivity index (χ0) is 19.3. The highest BCUT2D eigenvalue weighted by molar-refractivity contribution is 5.78. The summed E-state index contributed by atoms with van der Waals surface area (Å²) in [6, 6.07) is 14.1. The SMILES string of the molecule is O=C(CN1CCN(c2ccc(F)cc2)CC1)NCC1COc2ccccc2O1. The summed E-state index contributed by atoms with van der Waals surface area (Å²) >= 11 is 0. The molecule has 2 aromatic rings. The number of ether oxygens (including phenoxy) is 2. The van der Waals surface area contributed by atoms with Gasteiger partial charge in [0, 0.05) is 31.9 Å². The van der Waals surface area contributed by atoms with E-state index in [-0.39, 0.29) is 17.8 Å². The van der Waals surface area contributed by atoms with Crippen LogP contribution >= 0.6 is 0 Å². The van der Waals surface area contributed by atoms with Crippen LogP contribution in [0.2, 0.25) is 0 Å². The number of rotatable bonds is 5. The minimum Gasteiger partial charge on any atom is -0.486 e. The Kier molecular flexibility index (Phi) is 5.62. The van der Waals surface area contributed by atoms with Gasteiger partial charge in [-0.3, -0.25) is 9.69 Å². The van der Waals surface area contributed by atoms with E-state index < -0.39 is 0 Å². The van der Waals surface area contributed by atoms with Gasteiger partial charge < -0.3 is 19.7 Å². The number of fused-ring (bicyclic) bond motifs is 1. The average molecular weight is 385 g/mol. The fourth-order valence-corrected chi connectivity index (χ4v) is 3.47. The largest absolute Gasteiger partial charge is 0.486 e. The number of hydrogen-bond acceptors (Lipinski definition) is 5. The van der Waals surface area contributed by atoms with Crippen molar-refractivity contribution in [2.75, 3.05) is 50.8 Å². The first-order chi connectivity index (χ1) is 13.7. The first-order valence-electron chi connectivity index (χ1n) is 9.55. The Hall–Kier alpha value is -2.80. The maximum absolute atomic E-state index is 13.1. The Labute approximate surface area is 163 Å². The number of piperazine rings is 1.